The summed E-state index contributed by atoms with van der Waals surface area (Å²) in [7, 11) is 1.47. The first kappa shape index (κ1) is 11.6. The Morgan fingerprint density at radius 1 is 1.53 bits per heavy atom. The van der Waals surface area contributed by atoms with Crippen molar-refractivity contribution in [3.63, 3.8) is 0 Å². The average Bonchev–Trinajstić information content (AvgIpc) is 2.16. The minimum absolute atomic E-state index is 0.0159. The number of carboxylic acid groups (broad SMARTS) is 1. The summed E-state index contributed by atoms with van der Waals surface area (Å²) in [5, 5.41) is 11.3. The van der Waals surface area contributed by atoms with Crippen molar-refractivity contribution in [1.82, 2.24) is 5.32 Å². The molecule has 0 aliphatic heterocycles. The number of hydrogen-bond acceptors (Lipinski definition) is 2. The molecule has 0 radical (unpaired) electrons. The predicted molar refractivity (Wildman–Crippen MR) is 50.5 cm³/mol. The van der Waals surface area contributed by atoms with Gasteiger partial charge in [0, 0.05) is 12.5 Å². The summed E-state index contributed by atoms with van der Waals surface area (Å²) in [6.45, 7) is 0. The van der Waals surface area contributed by atoms with Crippen LogP contribution in [0.25, 0.3) is 0 Å². The van der Waals surface area contributed by atoms with E-state index in [1.165, 1.54) is 13.1 Å². The van der Waals surface area contributed by atoms with E-state index >= 15 is 0 Å². The van der Waals surface area contributed by atoms with Gasteiger partial charge in [-0.05, 0) is 18.7 Å². The number of likely N-dealkylation sites (N-methyl/N-ethyl adjacent to an activating group) is 1. The predicted octanol–water partition coefficient (Wildman–Crippen LogP) is 1.18. The summed E-state index contributed by atoms with van der Waals surface area (Å²) in [5.41, 5.74) is 0.179. The fraction of sp³-hybridized carbons (Fsp3) is 0.300. The second-order valence-corrected chi connectivity index (χ2v) is 3.12. The Hall–Kier alpha value is -1.49. The van der Waals surface area contributed by atoms with Crippen molar-refractivity contribution in [1.29, 1.82) is 0 Å². The minimum Gasteiger partial charge on any atom is -0.480 e. The van der Waals surface area contributed by atoms with Crippen LogP contribution in [-0.2, 0) is 11.2 Å². The summed E-state index contributed by atoms with van der Waals surface area (Å²) in [5.74, 6) is -2.47. The molecular weight excluding hydrogens is 204 g/mol. The number of carboxylic acids is 1. The van der Waals surface area contributed by atoms with Crippen molar-refractivity contribution in [3.05, 3.63) is 35.4 Å². The normalized spacial score (nSPS) is 12.5. The first-order valence-corrected chi connectivity index (χ1v) is 4.38. The zero-order valence-electron chi connectivity index (χ0n) is 8.13. The van der Waals surface area contributed by atoms with Gasteiger partial charge in [0.2, 0.25) is 0 Å². The molecule has 0 saturated carbocycles. The number of rotatable bonds is 4. The summed E-state index contributed by atoms with van der Waals surface area (Å²) in [6, 6.07) is 2.22. The average molecular weight is 215 g/mol. The molecule has 1 atom stereocenters. The van der Waals surface area contributed by atoms with Gasteiger partial charge >= 0.3 is 5.97 Å². The molecule has 0 aliphatic carbocycles. The molecule has 0 heterocycles. The van der Waals surface area contributed by atoms with Gasteiger partial charge in [-0.1, -0.05) is 6.07 Å². The Morgan fingerprint density at radius 3 is 2.67 bits per heavy atom. The molecule has 82 valence electrons. The Balaban J connectivity index is 2.84. The van der Waals surface area contributed by atoms with E-state index < -0.39 is 23.6 Å². The maximum Gasteiger partial charge on any atom is 0.321 e. The van der Waals surface area contributed by atoms with Gasteiger partial charge in [-0.2, -0.15) is 0 Å². The molecule has 15 heavy (non-hydrogen) atoms. The highest BCUT2D eigenvalue weighted by Gasteiger charge is 2.17. The first-order valence-electron chi connectivity index (χ1n) is 4.38. The molecule has 0 bridgehead atoms. The van der Waals surface area contributed by atoms with Crippen molar-refractivity contribution in [2.24, 2.45) is 0 Å². The molecule has 2 N–H and O–H groups in total. The zero-order valence-corrected chi connectivity index (χ0v) is 8.13. The molecular formula is C10H11F2NO2. The van der Waals surface area contributed by atoms with Gasteiger partial charge in [0.1, 0.15) is 17.7 Å². The summed E-state index contributed by atoms with van der Waals surface area (Å²) in [4.78, 5) is 10.7. The maximum absolute atomic E-state index is 13.1. The molecule has 1 aromatic carbocycles. The number of benzene rings is 1. The monoisotopic (exact) mass is 215 g/mol. The molecule has 0 amide bonds. The summed E-state index contributed by atoms with van der Waals surface area (Å²) >= 11 is 0. The van der Waals surface area contributed by atoms with Gasteiger partial charge in [0.15, 0.2) is 0 Å². The lowest BCUT2D eigenvalue weighted by Gasteiger charge is -2.11. The molecule has 5 heteroatoms. The van der Waals surface area contributed by atoms with Crippen LogP contribution in [0.15, 0.2) is 18.2 Å². The smallest absolute Gasteiger partial charge is 0.321 e. The van der Waals surface area contributed by atoms with Crippen LogP contribution in [0.5, 0.6) is 0 Å². The van der Waals surface area contributed by atoms with E-state index in [4.69, 9.17) is 5.11 Å². The van der Waals surface area contributed by atoms with E-state index in [1.807, 2.05) is 0 Å². The van der Waals surface area contributed by atoms with Crippen LogP contribution in [0.2, 0.25) is 0 Å². The fourth-order valence-electron chi connectivity index (χ4n) is 1.22. The Labute approximate surface area is 85.7 Å². The van der Waals surface area contributed by atoms with E-state index in [2.05, 4.69) is 5.32 Å². The van der Waals surface area contributed by atoms with E-state index in [-0.39, 0.29) is 12.0 Å². The number of carbonyl (C=O) groups is 1. The SMILES string of the molecule is CNC(Cc1ccc(F)cc1F)C(=O)O. The third-order valence-corrected chi connectivity index (χ3v) is 2.09. The first-order chi connectivity index (χ1) is 7.04. The van der Waals surface area contributed by atoms with E-state index in [0.717, 1.165) is 12.1 Å². The van der Waals surface area contributed by atoms with Gasteiger partial charge in [-0.25, -0.2) is 8.78 Å². The van der Waals surface area contributed by atoms with Crippen molar-refractivity contribution >= 4 is 5.97 Å². The topological polar surface area (TPSA) is 49.3 Å². The molecule has 0 fully saturated rings. The second-order valence-electron chi connectivity index (χ2n) is 3.12. The standard InChI is InChI=1S/C10H11F2NO2/c1-13-9(10(14)15)4-6-2-3-7(11)5-8(6)12/h2-3,5,9,13H,4H2,1H3,(H,14,15). The van der Waals surface area contributed by atoms with Crippen LogP contribution in [-0.4, -0.2) is 24.2 Å². The Kier molecular flexibility index (Phi) is 3.74. The van der Waals surface area contributed by atoms with Crippen LogP contribution < -0.4 is 5.32 Å². The number of halogens is 2. The molecule has 0 aliphatic rings. The highest BCUT2D eigenvalue weighted by Crippen LogP contribution is 2.11. The lowest BCUT2D eigenvalue weighted by atomic mass is 10.1. The lowest BCUT2D eigenvalue weighted by molar-refractivity contribution is -0.139. The Morgan fingerprint density at radius 2 is 2.20 bits per heavy atom. The van der Waals surface area contributed by atoms with Gasteiger partial charge in [-0.15, -0.1) is 0 Å². The van der Waals surface area contributed by atoms with Crippen LogP contribution in [0, 0.1) is 11.6 Å². The van der Waals surface area contributed by atoms with Gasteiger partial charge in [0.25, 0.3) is 0 Å². The molecule has 1 rings (SSSR count). The molecule has 3 nitrogen and oxygen atoms in total. The largest absolute Gasteiger partial charge is 0.480 e. The molecule has 0 spiro atoms. The van der Waals surface area contributed by atoms with E-state index in [9.17, 15) is 13.6 Å². The molecule has 1 unspecified atom stereocenters. The van der Waals surface area contributed by atoms with Crippen molar-refractivity contribution in [2.45, 2.75) is 12.5 Å². The molecule has 1 aromatic rings. The van der Waals surface area contributed by atoms with Crippen LogP contribution in [0.3, 0.4) is 0 Å². The van der Waals surface area contributed by atoms with Crippen molar-refractivity contribution < 1.29 is 18.7 Å². The summed E-state index contributed by atoms with van der Waals surface area (Å²) < 4.78 is 25.7. The quantitative estimate of drug-likeness (QED) is 0.792. The maximum atomic E-state index is 13.1. The molecule has 0 aromatic heterocycles. The highest BCUT2D eigenvalue weighted by atomic mass is 19.1. The van der Waals surface area contributed by atoms with Crippen LogP contribution in [0.4, 0.5) is 8.78 Å². The molecule has 0 saturated heterocycles. The van der Waals surface area contributed by atoms with E-state index in [1.54, 1.807) is 0 Å². The second kappa shape index (κ2) is 4.84. The van der Waals surface area contributed by atoms with Crippen molar-refractivity contribution in [2.75, 3.05) is 7.05 Å². The lowest BCUT2D eigenvalue weighted by Crippen LogP contribution is -2.36. The number of hydrogen-bond donors (Lipinski definition) is 2. The fourth-order valence-corrected chi connectivity index (χ4v) is 1.22. The highest BCUT2D eigenvalue weighted by molar-refractivity contribution is 5.73. The number of aliphatic carboxylic acids is 1. The van der Waals surface area contributed by atoms with Gasteiger partial charge in [-0.3, -0.25) is 4.79 Å². The zero-order chi connectivity index (χ0) is 11.4. The number of nitrogens with one attached hydrogen (secondary N) is 1. The summed E-state index contributed by atoms with van der Waals surface area (Å²) in [6.07, 6.45) is -0.0159. The minimum atomic E-state index is -1.07. The van der Waals surface area contributed by atoms with Gasteiger partial charge < -0.3 is 10.4 Å². The van der Waals surface area contributed by atoms with Crippen LogP contribution in [0.1, 0.15) is 5.56 Å². The third-order valence-electron chi connectivity index (χ3n) is 2.09. The van der Waals surface area contributed by atoms with Gasteiger partial charge in [0.05, 0.1) is 0 Å². The van der Waals surface area contributed by atoms with E-state index in [0.29, 0.717) is 0 Å². The van der Waals surface area contributed by atoms with Crippen molar-refractivity contribution in [3.8, 4) is 0 Å². The third kappa shape index (κ3) is 2.99. The van der Waals surface area contributed by atoms with Crippen LogP contribution >= 0.6 is 0 Å². The Bertz CT molecular complexity index is 368.